The second-order valence-electron chi connectivity index (χ2n) is 8.41. The molecule has 3 fully saturated rings. The maximum atomic E-state index is 12.2. The summed E-state index contributed by atoms with van der Waals surface area (Å²) in [6, 6.07) is 0. The van der Waals surface area contributed by atoms with Crippen LogP contribution in [0, 0.1) is 0 Å². The zero-order chi connectivity index (χ0) is 17.2. The largest absolute Gasteiger partial charge is 0.453 e. The van der Waals surface area contributed by atoms with E-state index >= 15 is 0 Å². The third-order valence-corrected chi connectivity index (χ3v) is 6.53. The molecule has 0 amide bonds. The van der Waals surface area contributed by atoms with Crippen molar-refractivity contribution >= 4 is 5.97 Å². The lowest BCUT2D eigenvalue weighted by Gasteiger charge is -2.18. The van der Waals surface area contributed by atoms with Crippen molar-refractivity contribution in [3.05, 3.63) is 23.3 Å². The van der Waals surface area contributed by atoms with Gasteiger partial charge in [0.05, 0.1) is 11.7 Å². The molecule has 5 atom stereocenters. The van der Waals surface area contributed by atoms with Crippen molar-refractivity contribution in [1.82, 2.24) is 0 Å². The van der Waals surface area contributed by atoms with Crippen LogP contribution in [0.5, 0.6) is 0 Å². The highest BCUT2D eigenvalue weighted by atomic mass is 16.7. The maximum absolute atomic E-state index is 12.2. The Labute approximate surface area is 144 Å². The van der Waals surface area contributed by atoms with Gasteiger partial charge in [0, 0.05) is 0 Å². The molecule has 1 aliphatic carbocycles. The Bertz CT molecular complexity index is 636. The number of hydrogen-bond acceptors (Lipinski definition) is 4. The summed E-state index contributed by atoms with van der Waals surface area (Å²) in [5, 5.41) is 0. The summed E-state index contributed by atoms with van der Waals surface area (Å²) in [7, 11) is 0. The van der Waals surface area contributed by atoms with E-state index in [-0.39, 0.29) is 17.7 Å². The standard InChI is InChI=1S/C20H28O4/c1-13-6-5-10-18(3)15(23-18)8-7-14(2)12-16-20(11-9-13)19(4,24-20)17(21)22-16/h6,12,15-16H,5,7-11H2,1-4H3/b13-6+,14-12+/t15-,16-,18-,19+,20-/m1/s1. The molecule has 0 radical (unpaired) electrons. The van der Waals surface area contributed by atoms with Gasteiger partial charge in [0.15, 0.2) is 11.7 Å². The fraction of sp³-hybridized carbons (Fsp3) is 0.750. The summed E-state index contributed by atoms with van der Waals surface area (Å²) in [6.45, 7) is 8.40. The van der Waals surface area contributed by atoms with E-state index in [1.807, 2.05) is 6.92 Å². The van der Waals surface area contributed by atoms with Crippen molar-refractivity contribution in [2.45, 2.75) is 95.2 Å². The Morgan fingerprint density at radius 1 is 1.12 bits per heavy atom. The molecule has 132 valence electrons. The van der Waals surface area contributed by atoms with E-state index in [9.17, 15) is 4.79 Å². The summed E-state index contributed by atoms with van der Waals surface area (Å²) >= 11 is 0. The van der Waals surface area contributed by atoms with Gasteiger partial charge in [0.2, 0.25) is 0 Å². The smallest absolute Gasteiger partial charge is 0.342 e. The molecule has 3 heterocycles. The second kappa shape index (κ2) is 5.18. The molecule has 0 N–H and O–H groups in total. The van der Waals surface area contributed by atoms with Crippen LogP contribution in [0.4, 0.5) is 0 Å². The van der Waals surface area contributed by atoms with Crippen LogP contribution in [0.15, 0.2) is 23.3 Å². The highest BCUT2D eigenvalue weighted by molar-refractivity contribution is 5.88. The summed E-state index contributed by atoms with van der Waals surface area (Å²) < 4.78 is 17.6. The summed E-state index contributed by atoms with van der Waals surface area (Å²) in [5.41, 5.74) is 1.47. The Morgan fingerprint density at radius 3 is 2.67 bits per heavy atom. The molecular weight excluding hydrogens is 304 g/mol. The summed E-state index contributed by atoms with van der Waals surface area (Å²) in [4.78, 5) is 12.2. The number of rotatable bonds is 0. The lowest BCUT2D eigenvalue weighted by molar-refractivity contribution is -0.152. The number of carbonyl (C=O) groups excluding carboxylic acids is 1. The van der Waals surface area contributed by atoms with Crippen molar-refractivity contribution in [3.8, 4) is 0 Å². The Morgan fingerprint density at radius 2 is 1.92 bits per heavy atom. The lowest BCUT2D eigenvalue weighted by Crippen LogP contribution is -2.29. The van der Waals surface area contributed by atoms with E-state index in [0.717, 1.165) is 38.5 Å². The molecule has 4 rings (SSSR count). The zero-order valence-corrected chi connectivity index (χ0v) is 15.2. The van der Waals surface area contributed by atoms with Gasteiger partial charge in [-0.05, 0) is 72.3 Å². The van der Waals surface area contributed by atoms with Crippen LogP contribution in [0.1, 0.15) is 66.2 Å². The average Bonchev–Trinajstić information content (AvgIpc) is 3.34. The maximum Gasteiger partial charge on any atom is 0.342 e. The number of carbonyl (C=O) groups is 1. The molecule has 4 heteroatoms. The molecule has 0 unspecified atom stereocenters. The summed E-state index contributed by atoms with van der Waals surface area (Å²) in [5.74, 6) is -0.208. The zero-order valence-electron chi connectivity index (χ0n) is 15.2. The molecule has 3 saturated heterocycles. The minimum absolute atomic E-state index is 0.0560. The predicted octanol–water partition coefficient (Wildman–Crippen LogP) is 3.84. The molecule has 24 heavy (non-hydrogen) atoms. The van der Waals surface area contributed by atoms with Gasteiger partial charge in [-0.15, -0.1) is 0 Å². The molecule has 1 spiro atoms. The van der Waals surface area contributed by atoms with Crippen LogP contribution in [-0.2, 0) is 19.0 Å². The van der Waals surface area contributed by atoms with E-state index in [4.69, 9.17) is 14.2 Å². The highest BCUT2D eigenvalue weighted by Crippen LogP contribution is 2.60. The first-order valence-corrected chi connectivity index (χ1v) is 9.21. The predicted molar refractivity (Wildman–Crippen MR) is 90.6 cm³/mol. The normalized spacial score (nSPS) is 52.4. The first-order valence-electron chi connectivity index (χ1n) is 9.21. The van der Waals surface area contributed by atoms with Crippen molar-refractivity contribution in [2.24, 2.45) is 0 Å². The third-order valence-electron chi connectivity index (χ3n) is 6.53. The van der Waals surface area contributed by atoms with Crippen LogP contribution < -0.4 is 0 Å². The van der Waals surface area contributed by atoms with Crippen LogP contribution in [0.3, 0.4) is 0 Å². The van der Waals surface area contributed by atoms with Gasteiger partial charge in [-0.25, -0.2) is 4.79 Å². The van der Waals surface area contributed by atoms with Gasteiger partial charge in [0.1, 0.15) is 5.60 Å². The number of esters is 1. The molecule has 4 aliphatic rings. The van der Waals surface area contributed by atoms with Gasteiger partial charge >= 0.3 is 5.97 Å². The SMILES string of the molecule is C/C1=C\[C@H]2OC(=O)[C@]3(C)O[C@]23CC/C(C)=C/CC[C@@]2(C)O[C@@H]2CC1. The van der Waals surface area contributed by atoms with Crippen LogP contribution in [0.2, 0.25) is 0 Å². The van der Waals surface area contributed by atoms with Crippen molar-refractivity contribution in [1.29, 1.82) is 0 Å². The van der Waals surface area contributed by atoms with Gasteiger partial charge in [-0.3, -0.25) is 0 Å². The van der Waals surface area contributed by atoms with Crippen molar-refractivity contribution in [2.75, 3.05) is 0 Å². The number of ether oxygens (including phenoxy) is 3. The first kappa shape index (κ1) is 16.3. The quantitative estimate of drug-likeness (QED) is 0.384. The van der Waals surface area contributed by atoms with E-state index < -0.39 is 11.2 Å². The number of fused-ring (bicyclic) bond motifs is 1. The Kier molecular flexibility index (Phi) is 3.53. The van der Waals surface area contributed by atoms with Crippen LogP contribution in [0.25, 0.3) is 0 Å². The summed E-state index contributed by atoms with van der Waals surface area (Å²) in [6.07, 6.45) is 10.5. The second-order valence-corrected chi connectivity index (χ2v) is 8.41. The van der Waals surface area contributed by atoms with E-state index in [1.165, 1.54) is 11.1 Å². The topological polar surface area (TPSA) is 51.4 Å². The van der Waals surface area contributed by atoms with E-state index in [1.54, 1.807) is 0 Å². The molecule has 0 bridgehead atoms. The number of hydrogen-bond donors (Lipinski definition) is 0. The minimum atomic E-state index is -0.746. The number of epoxide rings is 2. The molecule has 0 aromatic heterocycles. The van der Waals surface area contributed by atoms with E-state index in [0.29, 0.717) is 6.10 Å². The van der Waals surface area contributed by atoms with E-state index in [2.05, 4.69) is 32.9 Å². The molecule has 0 aromatic rings. The minimum Gasteiger partial charge on any atom is -0.453 e. The molecule has 0 saturated carbocycles. The van der Waals surface area contributed by atoms with Crippen molar-refractivity contribution < 1.29 is 19.0 Å². The monoisotopic (exact) mass is 332 g/mol. The molecular formula is C20H28O4. The van der Waals surface area contributed by atoms with Crippen LogP contribution in [-0.4, -0.2) is 35.0 Å². The fourth-order valence-corrected chi connectivity index (χ4v) is 4.47. The Balaban J connectivity index is 1.58. The first-order chi connectivity index (χ1) is 11.3. The van der Waals surface area contributed by atoms with Gasteiger partial charge in [0.25, 0.3) is 0 Å². The molecule has 3 aliphatic heterocycles. The Hall–Kier alpha value is -1.13. The van der Waals surface area contributed by atoms with Gasteiger partial charge < -0.3 is 14.2 Å². The third kappa shape index (κ3) is 2.38. The molecule has 4 nitrogen and oxygen atoms in total. The fourth-order valence-electron chi connectivity index (χ4n) is 4.47. The van der Waals surface area contributed by atoms with Crippen molar-refractivity contribution in [3.63, 3.8) is 0 Å². The average molecular weight is 332 g/mol. The lowest BCUT2D eigenvalue weighted by atomic mass is 9.85. The number of allylic oxidation sites excluding steroid dienone is 3. The highest BCUT2D eigenvalue weighted by Gasteiger charge is 2.80. The molecule has 0 aromatic carbocycles. The van der Waals surface area contributed by atoms with Gasteiger partial charge in [-0.1, -0.05) is 17.2 Å². The van der Waals surface area contributed by atoms with Crippen LogP contribution >= 0.6 is 0 Å². The van der Waals surface area contributed by atoms with Gasteiger partial charge in [-0.2, -0.15) is 0 Å².